The second-order valence-electron chi connectivity index (χ2n) is 7.96. The predicted octanol–water partition coefficient (Wildman–Crippen LogP) is 4.03. The van der Waals surface area contributed by atoms with Crippen molar-refractivity contribution in [2.45, 2.75) is 13.2 Å². The zero-order valence-corrected chi connectivity index (χ0v) is 18.7. The van der Waals surface area contributed by atoms with Crippen LogP contribution in [0, 0.1) is 0 Å². The van der Waals surface area contributed by atoms with E-state index in [1.807, 2.05) is 84.0 Å². The maximum absolute atomic E-state index is 12.7. The molecule has 0 saturated carbocycles. The maximum atomic E-state index is 12.7. The quantitative estimate of drug-likeness (QED) is 0.503. The first-order valence-corrected chi connectivity index (χ1v) is 11.3. The van der Waals surface area contributed by atoms with Crippen molar-refractivity contribution in [3.05, 3.63) is 90.3 Å². The van der Waals surface area contributed by atoms with Crippen LogP contribution in [0.25, 0.3) is 0 Å². The first kappa shape index (κ1) is 22.8. The number of amides is 2. The SMILES string of the molecule is O=C(Nc1cccc(COCCOc2ccccc2)c1)N1CCN(Cc2ccncc2)CC1. The molecule has 33 heavy (non-hydrogen) atoms. The fourth-order valence-corrected chi connectivity index (χ4v) is 3.72. The van der Waals surface area contributed by atoms with Crippen LogP contribution in [0.1, 0.15) is 11.1 Å². The Labute approximate surface area is 195 Å². The highest BCUT2D eigenvalue weighted by Gasteiger charge is 2.21. The lowest BCUT2D eigenvalue weighted by atomic mass is 10.2. The number of carbonyl (C=O) groups is 1. The summed E-state index contributed by atoms with van der Waals surface area (Å²) in [6, 6.07) is 21.5. The normalized spacial score (nSPS) is 14.1. The molecule has 172 valence electrons. The average molecular weight is 447 g/mol. The lowest BCUT2D eigenvalue weighted by Gasteiger charge is -2.34. The molecule has 0 atom stereocenters. The van der Waals surface area contributed by atoms with Crippen molar-refractivity contribution >= 4 is 11.7 Å². The lowest BCUT2D eigenvalue weighted by molar-refractivity contribution is 0.0889. The second kappa shape index (κ2) is 12.0. The van der Waals surface area contributed by atoms with Crippen LogP contribution in [-0.2, 0) is 17.9 Å². The first-order valence-electron chi connectivity index (χ1n) is 11.3. The Morgan fingerprint density at radius 3 is 2.45 bits per heavy atom. The van der Waals surface area contributed by atoms with Gasteiger partial charge in [-0.05, 0) is 47.5 Å². The van der Waals surface area contributed by atoms with E-state index < -0.39 is 0 Å². The molecule has 2 aromatic carbocycles. The van der Waals surface area contributed by atoms with Crippen molar-refractivity contribution in [2.24, 2.45) is 0 Å². The first-order chi connectivity index (χ1) is 16.3. The summed E-state index contributed by atoms with van der Waals surface area (Å²) in [5.41, 5.74) is 3.03. The van der Waals surface area contributed by atoms with Gasteiger partial charge in [0.15, 0.2) is 0 Å². The molecule has 0 unspecified atom stereocenters. The Morgan fingerprint density at radius 1 is 0.879 bits per heavy atom. The van der Waals surface area contributed by atoms with Crippen LogP contribution in [0.2, 0.25) is 0 Å². The number of urea groups is 1. The van der Waals surface area contributed by atoms with E-state index in [0.717, 1.165) is 36.6 Å². The lowest BCUT2D eigenvalue weighted by Crippen LogP contribution is -2.49. The molecule has 1 fully saturated rings. The smallest absolute Gasteiger partial charge is 0.321 e. The van der Waals surface area contributed by atoms with Crippen LogP contribution in [0.5, 0.6) is 5.75 Å². The summed E-state index contributed by atoms with van der Waals surface area (Å²) in [5.74, 6) is 0.837. The van der Waals surface area contributed by atoms with Gasteiger partial charge >= 0.3 is 6.03 Å². The van der Waals surface area contributed by atoms with Crippen molar-refractivity contribution in [3.8, 4) is 5.75 Å². The summed E-state index contributed by atoms with van der Waals surface area (Å²) in [6.45, 7) is 5.47. The number of pyridine rings is 1. The summed E-state index contributed by atoms with van der Waals surface area (Å²) >= 11 is 0. The molecule has 1 aliphatic heterocycles. The van der Waals surface area contributed by atoms with E-state index >= 15 is 0 Å². The number of ether oxygens (including phenoxy) is 2. The number of hydrogen-bond acceptors (Lipinski definition) is 5. The number of piperazine rings is 1. The van der Waals surface area contributed by atoms with Gasteiger partial charge < -0.3 is 19.7 Å². The van der Waals surface area contributed by atoms with Gasteiger partial charge in [0.25, 0.3) is 0 Å². The highest BCUT2D eigenvalue weighted by molar-refractivity contribution is 5.89. The summed E-state index contributed by atoms with van der Waals surface area (Å²) in [7, 11) is 0. The number of anilines is 1. The Balaban J connectivity index is 1.17. The van der Waals surface area contributed by atoms with Crippen LogP contribution < -0.4 is 10.1 Å². The zero-order chi connectivity index (χ0) is 22.7. The topological polar surface area (TPSA) is 66.9 Å². The molecule has 3 aromatic rings. The molecule has 1 aliphatic rings. The summed E-state index contributed by atoms with van der Waals surface area (Å²) < 4.78 is 11.4. The van der Waals surface area contributed by atoms with Crippen molar-refractivity contribution in [2.75, 3.05) is 44.7 Å². The monoisotopic (exact) mass is 446 g/mol. The molecule has 7 nitrogen and oxygen atoms in total. The fourth-order valence-electron chi connectivity index (χ4n) is 3.72. The van der Waals surface area contributed by atoms with Crippen LogP contribution in [0.4, 0.5) is 10.5 Å². The van der Waals surface area contributed by atoms with Gasteiger partial charge in [-0.3, -0.25) is 9.88 Å². The minimum Gasteiger partial charge on any atom is -0.491 e. The third kappa shape index (κ3) is 7.30. The minimum absolute atomic E-state index is 0.0621. The molecule has 0 aliphatic carbocycles. The summed E-state index contributed by atoms with van der Waals surface area (Å²) in [6.07, 6.45) is 3.63. The molecule has 1 aromatic heterocycles. The molecule has 0 bridgehead atoms. The van der Waals surface area contributed by atoms with E-state index in [4.69, 9.17) is 9.47 Å². The molecule has 0 radical (unpaired) electrons. The standard InChI is InChI=1S/C26H30N4O3/c31-26(30-15-13-29(14-16-30)20-22-9-11-27-12-10-22)28-24-6-4-5-23(19-24)21-32-17-18-33-25-7-2-1-3-8-25/h1-12,19H,13-18,20-21H2,(H,28,31). The number of nitrogens with zero attached hydrogens (tertiary/aromatic N) is 3. The molecule has 2 heterocycles. The molecular weight excluding hydrogens is 416 g/mol. The second-order valence-corrected chi connectivity index (χ2v) is 7.96. The van der Waals surface area contributed by atoms with Crippen LogP contribution in [0.15, 0.2) is 79.1 Å². The third-order valence-corrected chi connectivity index (χ3v) is 5.50. The average Bonchev–Trinajstić information content (AvgIpc) is 2.86. The largest absolute Gasteiger partial charge is 0.491 e. The number of rotatable bonds is 9. The number of carbonyl (C=O) groups excluding carboxylic acids is 1. The highest BCUT2D eigenvalue weighted by Crippen LogP contribution is 2.14. The van der Waals surface area contributed by atoms with Gasteiger partial charge in [-0.2, -0.15) is 0 Å². The number of nitrogens with one attached hydrogen (secondary N) is 1. The molecule has 0 spiro atoms. The van der Waals surface area contributed by atoms with Gasteiger partial charge in [-0.25, -0.2) is 4.79 Å². The molecule has 4 rings (SSSR count). The van der Waals surface area contributed by atoms with Gasteiger partial charge in [-0.1, -0.05) is 30.3 Å². The van der Waals surface area contributed by atoms with E-state index in [0.29, 0.717) is 32.9 Å². The minimum atomic E-state index is -0.0621. The fraction of sp³-hybridized carbons (Fsp3) is 0.308. The number of hydrogen-bond donors (Lipinski definition) is 1. The molecule has 2 amide bonds. The van der Waals surface area contributed by atoms with Gasteiger partial charge in [0.05, 0.1) is 13.2 Å². The zero-order valence-electron chi connectivity index (χ0n) is 18.7. The van der Waals surface area contributed by atoms with E-state index in [9.17, 15) is 4.79 Å². The van der Waals surface area contributed by atoms with Crippen LogP contribution >= 0.6 is 0 Å². The van der Waals surface area contributed by atoms with Crippen molar-refractivity contribution in [3.63, 3.8) is 0 Å². The molecule has 7 heteroatoms. The summed E-state index contributed by atoms with van der Waals surface area (Å²) in [4.78, 5) is 21.0. The number of para-hydroxylation sites is 1. The molecular formula is C26H30N4O3. The molecule has 1 N–H and O–H groups in total. The Bertz CT molecular complexity index is 993. The van der Waals surface area contributed by atoms with E-state index in [-0.39, 0.29) is 6.03 Å². The number of benzene rings is 2. The third-order valence-electron chi connectivity index (χ3n) is 5.50. The van der Waals surface area contributed by atoms with Crippen LogP contribution in [0.3, 0.4) is 0 Å². The van der Waals surface area contributed by atoms with Gasteiger partial charge in [0, 0.05) is 50.8 Å². The Hall–Kier alpha value is -3.42. The Kier molecular flexibility index (Phi) is 8.27. The van der Waals surface area contributed by atoms with Crippen LogP contribution in [-0.4, -0.2) is 60.2 Å². The maximum Gasteiger partial charge on any atom is 0.321 e. The van der Waals surface area contributed by atoms with Crippen molar-refractivity contribution in [1.82, 2.24) is 14.8 Å². The van der Waals surface area contributed by atoms with E-state index in [2.05, 4.69) is 15.2 Å². The van der Waals surface area contributed by atoms with E-state index in [1.54, 1.807) is 0 Å². The predicted molar refractivity (Wildman–Crippen MR) is 128 cm³/mol. The number of aromatic nitrogens is 1. The highest BCUT2D eigenvalue weighted by atomic mass is 16.5. The van der Waals surface area contributed by atoms with Crippen molar-refractivity contribution in [1.29, 1.82) is 0 Å². The molecule has 1 saturated heterocycles. The van der Waals surface area contributed by atoms with Gasteiger partial charge in [0.1, 0.15) is 12.4 Å². The van der Waals surface area contributed by atoms with Gasteiger partial charge in [0.2, 0.25) is 0 Å². The summed E-state index contributed by atoms with van der Waals surface area (Å²) in [5, 5.41) is 3.02. The Morgan fingerprint density at radius 2 is 1.67 bits per heavy atom. The van der Waals surface area contributed by atoms with Gasteiger partial charge in [-0.15, -0.1) is 0 Å². The van der Waals surface area contributed by atoms with Crippen molar-refractivity contribution < 1.29 is 14.3 Å². The van der Waals surface area contributed by atoms with E-state index in [1.165, 1.54) is 5.56 Å².